The number of amides is 2. The van der Waals surface area contributed by atoms with Crippen molar-refractivity contribution in [3.63, 3.8) is 0 Å². The number of aliphatic carboxylic acids is 1. The zero-order valence-electron chi connectivity index (χ0n) is 11.6. The lowest BCUT2D eigenvalue weighted by molar-refractivity contribution is -0.142. The zero-order chi connectivity index (χ0) is 14.6. The van der Waals surface area contributed by atoms with Gasteiger partial charge in [-0.1, -0.05) is 13.8 Å². The third-order valence-corrected chi connectivity index (χ3v) is 4.98. The number of carboxylic acids is 1. The maximum Gasteiger partial charge on any atom is 0.317 e. The molecule has 0 saturated carbocycles. The average Bonchev–Trinajstić information content (AvgIpc) is 2.71. The third-order valence-electron chi connectivity index (χ3n) is 3.61. The molecule has 1 rings (SSSR count). The summed E-state index contributed by atoms with van der Waals surface area (Å²) in [7, 11) is -0.887. The molecule has 0 spiro atoms. The van der Waals surface area contributed by atoms with Crippen LogP contribution in [0.15, 0.2) is 0 Å². The summed E-state index contributed by atoms with van der Waals surface area (Å²) in [5.41, 5.74) is 0. The Morgan fingerprint density at radius 1 is 1.47 bits per heavy atom. The number of urea groups is 1. The Kier molecular flexibility index (Phi) is 5.78. The number of carbonyl (C=O) groups excluding carboxylic acids is 1. The predicted octanol–water partition coefficient (Wildman–Crippen LogP) is 0.506. The van der Waals surface area contributed by atoms with E-state index in [1.165, 1.54) is 4.90 Å². The molecule has 0 radical (unpaired) electrons. The van der Waals surface area contributed by atoms with Crippen LogP contribution in [0.4, 0.5) is 4.79 Å². The van der Waals surface area contributed by atoms with E-state index < -0.39 is 22.7 Å². The molecule has 1 aliphatic rings. The van der Waals surface area contributed by atoms with E-state index in [9.17, 15) is 13.8 Å². The molecule has 1 heterocycles. The van der Waals surface area contributed by atoms with Gasteiger partial charge in [0.2, 0.25) is 0 Å². The van der Waals surface area contributed by atoms with Gasteiger partial charge in [-0.25, -0.2) is 4.79 Å². The predicted molar refractivity (Wildman–Crippen MR) is 73.4 cm³/mol. The quantitative estimate of drug-likeness (QED) is 0.772. The number of carboxylic acid groups (broad SMARTS) is 1. The molecule has 2 N–H and O–H groups in total. The standard InChI is InChI=1S/C12H22N2O4S/c1-8-6-14(7-10(8)11(15)16)12(17)13-5-4-9(2)19(3)18/h8-10H,4-7H2,1-3H3,(H,13,17)(H,15,16). The first-order valence-electron chi connectivity index (χ1n) is 6.40. The van der Waals surface area contributed by atoms with E-state index in [1.807, 2.05) is 13.8 Å². The van der Waals surface area contributed by atoms with Crippen LogP contribution in [0.25, 0.3) is 0 Å². The molecular weight excluding hydrogens is 268 g/mol. The molecule has 0 aromatic rings. The Bertz CT molecular complexity index is 375. The molecule has 1 aliphatic heterocycles. The van der Waals surface area contributed by atoms with Crippen molar-refractivity contribution in [1.29, 1.82) is 0 Å². The second kappa shape index (κ2) is 6.88. The second-order valence-electron chi connectivity index (χ2n) is 5.16. The lowest BCUT2D eigenvalue weighted by atomic mass is 9.99. The van der Waals surface area contributed by atoms with Crippen LogP contribution >= 0.6 is 0 Å². The third kappa shape index (κ3) is 4.49. The number of nitrogens with zero attached hydrogens (tertiary/aromatic N) is 1. The normalized spacial score (nSPS) is 25.9. The Morgan fingerprint density at radius 2 is 2.11 bits per heavy atom. The van der Waals surface area contributed by atoms with E-state index in [4.69, 9.17) is 5.11 Å². The molecule has 0 aromatic heterocycles. The average molecular weight is 290 g/mol. The molecule has 4 unspecified atom stereocenters. The van der Waals surface area contributed by atoms with Crippen LogP contribution in [0, 0.1) is 11.8 Å². The largest absolute Gasteiger partial charge is 0.481 e. The van der Waals surface area contributed by atoms with Gasteiger partial charge in [0, 0.05) is 41.9 Å². The van der Waals surface area contributed by atoms with Crippen molar-refractivity contribution in [3.05, 3.63) is 0 Å². The van der Waals surface area contributed by atoms with Crippen molar-refractivity contribution in [2.24, 2.45) is 11.8 Å². The number of hydrogen-bond acceptors (Lipinski definition) is 3. The van der Waals surface area contributed by atoms with Crippen LogP contribution in [0.2, 0.25) is 0 Å². The molecule has 0 aliphatic carbocycles. The summed E-state index contributed by atoms with van der Waals surface area (Å²) < 4.78 is 11.2. The molecule has 110 valence electrons. The fraction of sp³-hybridized carbons (Fsp3) is 0.833. The number of rotatable bonds is 5. The van der Waals surface area contributed by atoms with Crippen molar-refractivity contribution in [2.75, 3.05) is 25.9 Å². The highest BCUT2D eigenvalue weighted by Gasteiger charge is 2.36. The van der Waals surface area contributed by atoms with E-state index >= 15 is 0 Å². The van der Waals surface area contributed by atoms with E-state index in [0.29, 0.717) is 19.5 Å². The number of nitrogens with one attached hydrogen (secondary N) is 1. The minimum absolute atomic E-state index is 0.0229. The first-order valence-corrected chi connectivity index (χ1v) is 8.02. The minimum Gasteiger partial charge on any atom is -0.481 e. The molecule has 0 aromatic carbocycles. The molecule has 4 atom stereocenters. The topological polar surface area (TPSA) is 86.7 Å². The SMILES string of the molecule is CC1CN(C(=O)NCCC(C)S(C)=O)CC1C(=O)O. The highest BCUT2D eigenvalue weighted by molar-refractivity contribution is 7.84. The zero-order valence-corrected chi connectivity index (χ0v) is 12.4. The van der Waals surface area contributed by atoms with Gasteiger partial charge in [-0.05, 0) is 12.3 Å². The van der Waals surface area contributed by atoms with Gasteiger partial charge in [0.1, 0.15) is 0 Å². The van der Waals surface area contributed by atoms with E-state index in [-0.39, 0.29) is 23.7 Å². The van der Waals surface area contributed by atoms with Crippen LogP contribution in [-0.4, -0.2) is 57.4 Å². The molecular formula is C12H22N2O4S. The van der Waals surface area contributed by atoms with E-state index in [2.05, 4.69) is 5.32 Å². The second-order valence-corrected chi connectivity index (χ2v) is 6.96. The Labute approximate surface area is 116 Å². The summed E-state index contributed by atoms with van der Waals surface area (Å²) in [4.78, 5) is 24.4. The molecule has 1 saturated heterocycles. The maximum atomic E-state index is 11.9. The summed E-state index contributed by atoms with van der Waals surface area (Å²) in [5, 5.41) is 11.8. The van der Waals surface area contributed by atoms with Crippen molar-refractivity contribution in [3.8, 4) is 0 Å². The van der Waals surface area contributed by atoms with Gasteiger partial charge in [0.15, 0.2) is 0 Å². The van der Waals surface area contributed by atoms with Crippen molar-refractivity contribution in [2.45, 2.75) is 25.5 Å². The number of likely N-dealkylation sites (tertiary alicyclic amines) is 1. The fourth-order valence-corrected chi connectivity index (χ4v) is 2.56. The first-order chi connectivity index (χ1) is 8.82. The van der Waals surface area contributed by atoms with Crippen LogP contribution in [0.3, 0.4) is 0 Å². The molecule has 6 nitrogen and oxygen atoms in total. The van der Waals surface area contributed by atoms with Crippen molar-refractivity contribution >= 4 is 22.8 Å². The van der Waals surface area contributed by atoms with Gasteiger partial charge in [-0.3, -0.25) is 9.00 Å². The Morgan fingerprint density at radius 3 is 2.58 bits per heavy atom. The van der Waals surface area contributed by atoms with Crippen molar-refractivity contribution in [1.82, 2.24) is 10.2 Å². The van der Waals surface area contributed by atoms with Crippen LogP contribution < -0.4 is 5.32 Å². The monoisotopic (exact) mass is 290 g/mol. The summed E-state index contributed by atoms with van der Waals surface area (Å²) >= 11 is 0. The highest BCUT2D eigenvalue weighted by atomic mass is 32.2. The van der Waals surface area contributed by atoms with Gasteiger partial charge >= 0.3 is 12.0 Å². The molecule has 2 amide bonds. The van der Waals surface area contributed by atoms with Gasteiger partial charge in [-0.15, -0.1) is 0 Å². The van der Waals surface area contributed by atoms with Gasteiger partial charge < -0.3 is 15.3 Å². The smallest absolute Gasteiger partial charge is 0.317 e. The van der Waals surface area contributed by atoms with E-state index in [0.717, 1.165) is 0 Å². The lowest BCUT2D eigenvalue weighted by Gasteiger charge is -2.17. The van der Waals surface area contributed by atoms with Gasteiger partial charge in [-0.2, -0.15) is 0 Å². The fourth-order valence-electron chi connectivity index (χ4n) is 2.11. The summed E-state index contributed by atoms with van der Waals surface area (Å²) in [6.07, 6.45) is 2.30. The van der Waals surface area contributed by atoms with Crippen LogP contribution in [0.5, 0.6) is 0 Å². The molecule has 1 fully saturated rings. The lowest BCUT2D eigenvalue weighted by Crippen LogP contribution is -2.40. The summed E-state index contributed by atoms with van der Waals surface area (Å²) in [5.74, 6) is -1.35. The van der Waals surface area contributed by atoms with Gasteiger partial charge in [0.05, 0.1) is 5.92 Å². The van der Waals surface area contributed by atoms with Gasteiger partial charge in [0.25, 0.3) is 0 Å². The number of hydrogen-bond donors (Lipinski definition) is 2. The summed E-state index contributed by atoms with van der Waals surface area (Å²) in [6.45, 7) is 4.91. The first kappa shape index (κ1) is 15.9. The Balaban J connectivity index is 2.35. The van der Waals surface area contributed by atoms with E-state index in [1.54, 1.807) is 6.26 Å². The number of carbonyl (C=O) groups is 2. The van der Waals surface area contributed by atoms with Crippen LogP contribution in [0.1, 0.15) is 20.3 Å². The highest BCUT2D eigenvalue weighted by Crippen LogP contribution is 2.22. The molecule has 7 heteroatoms. The van der Waals surface area contributed by atoms with Crippen molar-refractivity contribution < 1.29 is 18.9 Å². The molecule has 19 heavy (non-hydrogen) atoms. The molecule has 0 bridgehead atoms. The Hall–Kier alpha value is -1.11. The maximum absolute atomic E-state index is 11.9. The minimum atomic E-state index is -0.887. The summed E-state index contributed by atoms with van der Waals surface area (Å²) in [6, 6.07) is -0.232. The van der Waals surface area contributed by atoms with Crippen LogP contribution in [-0.2, 0) is 15.6 Å².